The molecule has 2 amide bonds. The van der Waals surface area contributed by atoms with Crippen LogP contribution in [0.25, 0.3) is 6.08 Å². The molecule has 1 aliphatic rings. The highest BCUT2D eigenvalue weighted by molar-refractivity contribution is 8.18. The molecule has 1 heterocycles. The summed E-state index contributed by atoms with van der Waals surface area (Å²) in [7, 11) is -4.18. The van der Waals surface area contributed by atoms with Gasteiger partial charge in [0.2, 0.25) is 10.0 Å². The highest BCUT2D eigenvalue weighted by Crippen LogP contribution is 2.26. The van der Waals surface area contributed by atoms with Gasteiger partial charge in [0.15, 0.2) is 0 Å². The summed E-state index contributed by atoms with van der Waals surface area (Å²) in [6, 6.07) is 10.8. The molecule has 0 bridgehead atoms. The Balaban J connectivity index is 1.58. The molecule has 0 unspecified atom stereocenters. The van der Waals surface area contributed by atoms with Crippen LogP contribution in [0.2, 0.25) is 0 Å². The number of ether oxygens (including phenoxy) is 1. The fourth-order valence-electron chi connectivity index (χ4n) is 2.92. The number of rotatable bonds is 11. The minimum atomic E-state index is -4.18. The lowest BCUT2D eigenvalue weighted by Gasteiger charge is -2.14. The smallest absolute Gasteiger partial charge is 0.321 e. The third-order valence-electron chi connectivity index (χ3n) is 4.70. The third-order valence-corrected chi connectivity index (χ3v) is 7.00. The molecule has 0 saturated carbocycles. The van der Waals surface area contributed by atoms with Gasteiger partial charge in [0.1, 0.15) is 18.4 Å². The summed E-state index contributed by atoms with van der Waals surface area (Å²) in [5.74, 6) is -2.63. The number of aliphatic carboxylic acids is 2. The van der Waals surface area contributed by atoms with E-state index in [0.717, 1.165) is 11.8 Å². The normalized spacial score (nSPS) is 15.6. The van der Waals surface area contributed by atoms with E-state index in [2.05, 4.69) is 5.32 Å². The van der Waals surface area contributed by atoms with E-state index >= 15 is 0 Å². The van der Waals surface area contributed by atoms with Crippen molar-refractivity contribution in [2.75, 3.05) is 0 Å². The van der Waals surface area contributed by atoms with Crippen LogP contribution >= 0.6 is 11.8 Å². The van der Waals surface area contributed by atoms with E-state index < -0.39 is 52.0 Å². The molecular formula is C22H20N2O9S2. The Morgan fingerprint density at radius 3 is 2.26 bits per heavy atom. The Kier molecular flexibility index (Phi) is 8.27. The number of hydrogen-bond donors (Lipinski definition) is 4. The van der Waals surface area contributed by atoms with Crippen molar-refractivity contribution in [1.29, 1.82) is 0 Å². The second-order valence-electron chi connectivity index (χ2n) is 7.30. The molecule has 1 aliphatic heterocycles. The molecule has 13 heteroatoms. The van der Waals surface area contributed by atoms with Crippen molar-refractivity contribution in [2.24, 2.45) is 0 Å². The summed E-state index contributed by atoms with van der Waals surface area (Å²) in [4.78, 5) is 44.9. The molecule has 3 rings (SSSR count). The van der Waals surface area contributed by atoms with Crippen molar-refractivity contribution in [3.05, 3.63) is 64.6 Å². The van der Waals surface area contributed by atoms with E-state index in [-0.39, 0.29) is 11.5 Å². The van der Waals surface area contributed by atoms with E-state index in [1.54, 1.807) is 30.3 Å². The lowest BCUT2D eigenvalue weighted by Crippen LogP contribution is -2.41. The summed E-state index contributed by atoms with van der Waals surface area (Å²) in [6.45, 7) is 0.122. The van der Waals surface area contributed by atoms with Crippen molar-refractivity contribution in [3.63, 3.8) is 0 Å². The van der Waals surface area contributed by atoms with Gasteiger partial charge < -0.3 is 14.9 Å². The second kappa shape index (κ2) is 11.2. The summed E-state index contributed by atoms with van der Waals surface area (Å²) >= 11 is 0.821. The van der Waals surface area contributed by atoms with E-state index in [1.165, 1.54) is 24.3 Å². The maximum atomic E-state index is 12.5. The molecule has 2 aromatic rings. The molecule has 4 N–H and O–H groups in total. The minimum absolute atomic E-state index is 0.122. The summed E-state index contributed by atoms with van der Waals surface area (Å²) in [5.41, 5.74) is 1.35. The fraction of sp³-hybridized carbons (Fsp3) is 0.182. The zero-order chi connectivity index (χ0) is 25.6. The Hall–Kier alpha value is -3.68. The number of carboxylic acid groups (broad SMARTS) is 2. The van der Waals surface area contributed by atoms with E-state index in [0.29, 0.717) is 21.8 Å². The van der Waals surface area contributed by atoms with Crippen LogP contribution < -0.4 is 14.8 Å². The number of sulfonamides is 1. The predicted molar refractivity (Wildman–Crippen MR) is 125 cm³/mol. The van der Waals surface area contributed by atoms with Crippen LogP contribution in [0.5, 0.6) is 5.75 Å². The number of carboxylic acids is 2. The average molecular weight is 521 g/mol. The molecule has 0 radical (unpaired) electrons. The molecule has 0 aliphatic carbocycles. The molecule has 1 atom stereocenters. The summed E-state index contributed by atoms with van der Waals surface area (Å²) < 4.78 is 32.6. The topological polar surface area (TPSA) is 176 Å². The zero-order valence-corrected chi connectivity index (χ0v) is 19.6. The number of benzene rings is 2. The second-order valence-corrected chi connectivity index (χ2v) is 10.0. The van der Waals surface area contributed by atoms with Gasteiger partial charge in [-0.05, 0) is 59.7 Å². The first-order chi connectivity index (χ1) is 16.5. The van der Waals surface area contributed by atoms with E-state index in [1.807, 2.05) is 4.72 Å². The van der Waals surface area contributed by atoms with Gasteiger partial charge in [0.25, 0.3) is 11.1 Å². The predicted octanol–water partition coefficient (Wildman–Crippen LogP) is 2.19. The van der Waals surface area contributed by atoms with Gasteiger partial charge in [-0.2, -0.15) is 4.72 Å². The first-order valence-electron chi connectivity index (χ1n) is 10.1. The van der Waals surface area contributed by atoms with Crippen LogP contribution in [0.3, 0.4) is 0 Å². The summed E-state index contributed by atoms with van der Waals surface area (Å²) in [5, 5.41) is 19.6. The molecular weight excluding hydrogens is 500 g/mol. The number of thioether (sulfide) groups is 1. The van der Waals surface area contributed by atoms with E-state index in [4.69, 9.17) is 14.9 Å². The maximum absolute atomic E-state index is 12.5. The molecule has 184 valence electrons. The molecule has 11 nitrogen and oxygen atoms in total. The largest absolute Gasteiger partial charge is 0.489 e. The molecule has 0 aromatic heterocycles. The fourth-order valence-corrected chi connectivity index (χ4v) is 4.83. The number of hydrogen-bond acceptors (Lipinski definition) is 8. The van der Waals surface area contributed by atoms with Gasteiger partial charge in [-0.3, -0.25) is 24.5 Å². The first-order valence-corrected chi connectivity index (χ1v) is 12.4. The van der Waals surface area contributed by atoms with E-state index in [9.17, 15) is 27.6 Å². The Bertz CT molecular complexity index is 1270. The van der Waals surface area contributed by atoms with Crippen LogP contribution in [0.15, 0.2) is 58.3 Å². The van der Waals surface area contributed by atoms with Crippen LogP contribution in [0.4, 0.5) is 4.79 Å². The number of amides is 2. The quantitative estimate of drug-likeness (QED) is 0.321. The third kappa shape index (κ3) is 7.40. The maximum Gasteiger partial charge on any atom is 0.321 e. The highest BCUT2D eigenvalue weighted by Gasteiger charge is 2.26. The molecule has 1 saturated heterocycles. The first kappa shape index (κ1) is 25.9. The molecule has 2 aromatic carbocycles. The number of nitrogens with one attached hydrogen (secondary N) is 2. The molecule has 1 fully saturated rings. The standard InChI is InChI=1S/C22H20N2O9S2/c25-19(26)10-9-17(21(28)29)24-35(31,32)16-7-3-14(4-8-16)12-33-15-5-1-13(2-6-15)11-18-20(27)23-22(30)34-18/h1-8,11,17,24H,9-10,12H2,(H,25,26)(H,28,29)(H,23,27,30)/b18-11-/t17-/m1/s1. The van der Waals surface area contributed by atoms with Crippen molar-refractivity contribution >= 4 is 50.9 Å². The van der Waals surface area contributed by atoms with Crippen LogP contribution in [0, 0.1) is 0 Å². The minimum Gasteiger partial charge on any atom is -0.489 e. The monoisotopic (exact) mass is 520 g/mol. The Labute approximate surface area is 204 Å². The average Bonchev–Trinajstić information content (AvgIpc) is 3.12. The lowest BCUT2D eigenvalue weighted by atomic mass is 10.2. The highest BCUT2D eigenvalue weighted by atomic mass is 32.2. The SMILES string of the molecule is O=C(O)CC[C@@H](NS(=O)(=O)c1ccc(COc2ccc(/C=C3\SC(=O)NC3=O)cc2)cc1)C(=O)O. The van der Waals surface area contributed by atoms with Crippen LogP contribution in [-0.2, 0) is 31.0 Å². The van der Waals surface area contributed by atoms with Gasteiger partial charge in [-0.1, -0.05) is 24.3 Å². The van der Waals surface area contributed by atoms with Gasteiger partial charge in [-0.15, -0.1) is 0 Å². The number of carbonyl (C=O) groups is 4. The van der Waals surface area contributed by atoms with Crippen molar-refractivity contribution in [2.45, 2.75) is 30.4 Å². The van der Waals surface area contributed by atoms with Crippen molar-refractivity contribution in [1.82, 2.24) is 10.0 Å². The van der Waals surface area contributed by atoms with Crippen molar-refractivity contribution < 1.29 is 42.5 Å². The van der Waals surface area contributed by atoms with Gasteiger partial charge in [0, 0.05) is 6.42 Å². The molecule has 35 heavy (non-hydrogen) atoms. The zero-order valence-electron chi connectivity index (χ0n) is 18.0. The lowest BCUT2D eigenvalue weighted by molar-refractivity contribution is -0.140. The number of carbonyl (C=O) groups excluding carboxylic acids is 2. The summed E-state index contributed by atoms with van der Waals surface area (Å²) in [6.07, 6.45) is 0.691. The van der Waals surface area contributed by atoms with Gasteiger partial charge in [-0.25, -0.2) is 8.42 Å². The Morgan fingerprint density at radius 1 is 1.06 bits per heavy atom. The molecule has 0 spiro atoms. The van der Waals surface area contributed by atoms with Crippen LogP contribution in [0.1, 0.15) is 24.0 Å². The van der Waals surface area contributed by atoms with Gasteiger partial charge in [0.05, 0.1) is 9.80 Å². The van der Waals surface area contributed by atoms with Gasteiger partial charge >= 0.3 is 11.9 Å². The van der Waals surface area contributed by atoms with Crippen molar-refractivity contribution in [3.8, 4) is 5.75 Å². The number of imide groups is 1. The Morgan fingerprint density at radius 2 is 1.71 bits per heavy atom. The van der Waals surface area contributed by atoms with Crippen LogP contribution in [-0.4, -0.2) is 47.8 Å².